The van der Waals surface area contributed by atoms with Crippen LogP contribution in [0.2, 0.25) is 5.02 Å². The molecular weight excluding hydrogens is 385 g/mol. The first kappa shape index (κ1) is 19.6. The van der Waals surface area contributed by atoms with Crippen LogP contribution in [0, 0.1) is 5.82 Å². The number of nitrogens with zero attached hydrogens (tertiary/aromatic N) is 2. The molecule has 0 fully saturated rings. The fraction of sp³-hybridized carbons (Fsp3) is 0.150. The number of aromatic nitrogens is 2. The second-order valence-corrected chi connectivity index (χ2v) is 6.58. The van der Waals surface area contributed by atoms with Crippen molar-refractivity contribution in [2.24, 2.45) is 5.73 Å². The highest BCUT2D eigenvalue weighted by Crippen LogP contribution is 2.28. The van der Waals surface area contributed by atoms with E-state index >= 15 is 0 Å². The number of amides is 1. The molecule has 1 aromatic heterocycles. The van der Waals surface area contributed by atoms with Crippen LogP contribution in [-0.2, 0) is 0 Å². The van der Waals surface area contributed by atoms with Gasteiger partial charge in [-0.15, -0.1) is 0 Å². The Hall–Kier alpha value is -3.19. The highest BCUT2D eigenvalue weighted by molar-refractivity contribution is 6.30. The molecule has 0 aliphatic rings. The van der Waals surface area contributed by atoms with E-state index in [2.05, 4.69) is 9.97 Å². The number of carbonyl (C=O) groups excluding carboxylic acids is 1. The van der Waals surface area contributed by atoms with E-state index in [0.717, 1.165) is 0 Å². The molecule has 0 aliphatic carbocycles. The standard InChI is InChI=1S/C20H17ClFN3O3/c1-11(2)27-18-10-16(19(23)26)24-20(25-18)12-3-6-14(7-4-12)28-17-8-5-13(21)9-15(17)22/h3-11H,1-2H3,(H2,23,26). The quantitative estimate of drug-likeness (QED) is 0.651. The molecule has 1 heterocycles. The van der Waals surface area contributed by atoms with Gasteiger partial charge >= 0.3 is 0 Å². The third-order valence-electron chi connectivity index (χ3n) is 3.55. The highest BCUT2D eigenvalue weighted by Gasteiger charge is 2.13. The second-order valence-electron chi connectivity index (χ2n) is 6.15. The molecule has 0 saturated carbocycles. The van der Waals surface area contributed by atoms with Crippen molar-refractivity contribution in [2.45, 2.75) is 20.0 Å². The van der Waals surface area contributed by atoms with Crippen LogP contribution in [0.3, 0.4) is 0 Å². The minimum absolute atomic E-state index is 0.0456. The lowest BCUT2D eigenvalue weighted by atomic mass is 10.2. The van der Waals surface area contributed by atoms with E-state index in [1.807, 2.05) is 13.8 Å². The highest BCUT2D eigenvalue weighted by atomic mass is 35.5. The number of benzene rings is 2. The van der Waals surface area contributed by atoms with Crippen LogP contribution < -0.4 is 15.2 Å². The Labute approximate surface area is 166 Å². The van der Waals surface area contributed by atoms with Crippen LogP contribution in [0.5, 0.6) is 17.4 Å². The molecule has 0 aliphatic heterocycles. The van der Waals surface area contributed by atoms with E-state index in [1.165, 1.54) is 24.3 Å². The van der Waals surface area contributed by atoms with Crippen molar-refractivity contribution in [1.29, 1.82) is 0 Å². The monoisotopic (exact) mass is 401 g/mol. The van der Waals surface area contributed by atoms with E-state index in [1.54, 1.807) is 24.3 Å². The molecule has 28 heavy (non-hydrogen) atoms. The lowest BCUT2D eigenvalue weighted by Gasteiger charge is -2.11. The van der Waals surface area contributed by atoms with Gasteiger partial charge in [-0.05, 0) is 56.3 Å². The van der Waals surface area contributed by atoms with Gasteiger partial charge in [0.1, 0.15) is 11.4 Å². The normalized spacial score (nSPS) is 10.8. The summed E-state index contributed by atoms with van der Waals surface area (Å²) in [5, 5.41) is 0.283. The Morgan fingerprint density at radius 3 is 2.43 bits per heavy atom. The predicted molar refractivity (Wildman–Crippen MR) is 103 cm³/mol. The molecule has 144 valence electrons. The SMILES string of the molecule is CC(C)Oc1cc(C(N)=O)nc(-c2ccc(Oc3ccc(Cl)cc3F)cc2)n1. The van der Waals surface area contributed by atoms with Gasteiger partial charge in [0, 0.05) is 16.7 Å². The molecule has 0 atom stereocenters. The summed E-state index contributed by atoms with van der Waals surface area (Å²) in [6.45, 7) is 3.68. The summed E-state index contributed by atoms with van der Waals surface area (Å²) in [4.78, 5) is 20.0. The lowest BCUT2D eigenvalue weighted by molar-refractivity contribution is 0.0994. The molecule has 0 radical (unpaired) electrons. The Morgan fingerprint density at radius 1 is 1.11 bits per heavy atom. The fourth-order valence-corrected chi connectivity index (χ4v) is 2.50. The summed E-state index contributed by atoms with van der Waals surface area (Å²) < 4.78 is 24.9. The molecule has 0 bridgehead atoms. The number of hydrogen-bond acceptors (Lipinski definition) is 5. The molecule has 2 aromatic carbocycles. The van der Waals surface area contributed by atoms with Crippen molar-refractivity contribution < 1.29 is 18.7 Å². The number of hydrogen-bond donors (Lipinski definition) is 1. The van der Waals surface area contributed by atoms with Gasteiger partial charge in [-0.3, -0.25) is 4.79 Å². The molecule has 8 heteroatoms. The van der Waals surface area contributed by atoms with Crippen molar-refractivity contribution in [1.82, 2.24) is 9.97 Å². The molecule has 0 unspecified atom stereocenters. The van der Waals surface area contributed by atoms with Gasteiger partial charge < -0.3 is 15.2 Å². The van der Waals surface area contributed by atoms with Crippen LogP contribution >= 0.6 is 11.6 Å². The summed E-state index contributed by atoms with van der Waals surface area (Å²) in [6.07, 6.45) is -0.131. The van der Waals surface area contributed by atoms with Crippen LogP contribution in [0.15, 0.2) is 48.5 Å². The first-order valence-electron chi connectivity index (χ1n) is 8.40. The van der Waals surface area contributed by atoms with Crippen molar-refractivity contribution in [3.05, 3.63) is 65.1 Å². The van der Waals surface area contributed by atoms with Crippen LogP contribution in [0.4, 0.5) is 4.39 Å². The number of rotatable bonds is 6. The smallest absolute Gasteiger partial charge is 0.267 e. The van der Waals surface area contributed by atoms with Crippen LogP contribution in [0.25, 0.3) is 11.4 Å². The van der Waals surface area contributed by atoms with E-state index in [4.69, 9.17) is 26.8 Å². The van der Waals surface area contributed by atoms with E-state index in [9.17, 15) is 9.18 Å². The van der Waals surface area contributed by atoms with E-state index < -0.39 is 11.7 Å². The third-order valence-corrected chi connectivity index (χ3v) is 3.78. The average Bonchev–Trinajstić information content (AvgIpc) is 2.64. The summed E-state index contributed by atoms with van der Waals surface area (Å²) >= 11 is 5.74. The molecular formula is C20H17ClFN3O3. The maximum absolute atomic E-state index is 13.9. The summed E-state index contributed by atoms with van der Waals surface area (Å²) in [7, 11) is 0. The maximum Gasteiger partial charge on any atom is 0.267 e. The van der Waals surface area contributed by atoms with Gasteiger partial charge in [-0.1, -0.05) is 11.6 Å². The zero-order chi connectivity index (χ0) is 20.3. The molecule has 3 rings (SSSR count). The maximum atomic E-state index is 13.9. The Balaban J connectivity index is 1.88. The first-order chi connectivity index (χ1) is 13.3. The van der Waals surface area contributed by atoms with Gasteiger partial charge in [0.15, 0.2) is 17.4 Å². The number of carbonyl (C=O) groups is 1. The Morgan fingerprint density at radius 2 is 1.82 bits per heavy atom. The number of halogens is 2. The number of primary amides is 1. The van der Waals surface area contributed by atoms with Gasteiger partial charge in [-0.2, -0.15) is 4.98 Å². The van der Waals surface area contributed by atoms with Gasteiger partial charge in [0.2, 0.25) is 5.88 Å². The van der Waals surface area contributed by atoms with Crippen molar-refractivity contribution in [3.63, 3.8) is 0 Å². The zero-order valence-electron chi connectivity index (χ0n) is 15.1. The largest absolute Gasteiger partial charge is 0.475 e. The molecule has 1 amide bonds. The van der Waals surface area contributed by atoms with Gasteiger partial charge in [-0.25, -0.2) is 9.37 Å². The molecule has 3 aromatic rings. The Kier molecular flexibility index (Phi) is 5.75. The van der Waals surface area contributed by atoms with Gasteiger partial charge in [0.05, 0.1) is 6.10 Å². The molecule has 2 N–H and O–H groups in total. The number of nitrogens with two attached hydrogens (primary N) is 1. The fourth-order valence-electron chi connectivity index (χ4n) is 2.34. The van der Waals surface area contributed by atoms with E-state index in [-0.39, 0.29) is 34.3 Å². The zero-order valence-corrected chi connectivity index (χ0v) is 15.9. The van der Waals surface area contributed by atoms with Crippen molar-refractivity contribution >= 4 is 17.5 Å². The summed E-state index contributed by atoms with van der Waals surface area (Å²) in [5.74, 6) is -0.264. The Bertz CT molecular complexity index is 1010. The van der Waals surface area contributed by atoms with Crippen molar-refractivity contribution in [3.8, 4) is 28.8 Å². The first-order valence-corrected chi connectivity index (χ1v) is 8.78. The average molecular weight is 402 g/mol. The molecule has 0 spiro atoms. The molecule has 0 saturated heterocycles. The minimum atomic E-state index is -0.685. The van der Waals surface area contributed by atoms with Crippen LogP contribution in [-0.4, -0.2) is 22.0 Å². The molecule has 6 nitrogen and oxygen atoms in total. The van der Waals surface area contributed by atoms with Gasteiger partial charge in [0.25, 0.3) is 5.91 Å². The topological polar surface area (TPSA) is 87.3 Å². The second kappa shape index (κ2) is 8.22. The summed E-state index contributed by atoms with van der Waals surface area (Å²) in [6, 6.07) is 12.2. The predicted octanol–water partition coefficient (Wildman–Crippen LogP) is 4.61. The number of ether oxygens (including phenoxy) is 2. The summed E-state index contributed by atoms with van der Waals surface area (Å²) in [5.41, 5.74) is 6.00. The van der Waals surface area contributed by atoms with Crippen LogP contribution in [0.1, 0.15) is 24.3 Å². The van der Waals surface area contributed by atoms with E-state index in [0.29, 0.717) is 11.3 Å². The lowest BCUT2D eigenvalue weighted by Crippen LogP contribution is -2.16. The van der Waals surface area contributed by atoms with Crippen molar-refractivity contribution in [2.75, 3.05) is 0 Å². The third kappa shape index (κ3) is 4.75. The minimum Gasteiger partial charge on any atom is -0.475 e.